The Bertz CT molecular complexity index is 1900. The van der Waals surface area contributed by atoms with Crippen LogP contribution >= 0.6 is 11.8 Å². The third kappa shape index (κ3) is 8.55. The molecule has 4 aromatic carbocycles. The third-order valence-electron chi connectivity index (χ3n) is 8.53. The van der Waals surface area contributed by atoms with Crippen molar-refractivity contribution >= 4 is 23.6 Å². The van der Waals surface area contributed by atoms with Gasteiger partial charge < -0.3 is 30.1 Å². The van der Waals surface area contributed by atoms with Crippen molar-refractivity contribution in [3.63, 3.8) is 0 Å². The zero-order chi connectivity index (χ0) is 35.0. The van der Waals surface area contributed by atoms with Crippen LogP contribution in [0, 0.1) is 5.92 Å². The van der Waals surface area contributed by atoms with E-state index in [9.17, 15) is 19.8 Å². The van der Waals surface area contributed by atoms with E-state index in [1.807, 2.05) is 72.8 Å². The van der Waals surface area contributed by atoms with Gasteiger partial charge >= 0.3 is 5.97 Å². The summed E-state index contributed by atoms with van der Waals surface area (Å²) in [5.74, 6) is -0.649. The van der Waals surface area contributed by atoms with Gasteiger partial charge in [0.25, 0.3) is 0 Å². The molecule has 50 heavy (non-hydrogen) atoms. The number of rotatable bonds is 13. The van der Waals surface area contributed by atoms with Crippen LogP contribution in [0.4, 0.5) is 0 Å². The summed E-state index contributed by atoms with van der Waals surface area (Å²) in [4.78, 5) is 22.8. The molecule has 0 unspecified atom stereocenters. The Morgan fingerprint density at radius 3 is 2.34 bits per heavy atom. The number of nitrogens with zero attached hydrogens (tertiary/aromatic N) is 4. The quantitative estimate of drug-likeness (QED) is 0.113. The molecule has 4 atom stereocenters. The van der Waals surface area contributed by atoms with Gasteiger partial charge in [0, 0.05) is 30.2 Å². The molecule has 1 aromatic heterocycles. The summed E-state index contributed by atoms with van der Waals surface area (Å²) in [5.41, 5.74) is 6.21. The molecule has 1 aliphatic rings. The Morgan fingerprint density at radius 1 is 0.880 bits per heavy atom. The van der Waals surface area contributed by atoms with Gasteiger partial charge in [0.2, 0.25) is 11.1 Å². The van der Waals surface area contributed by atoms with Crippen molar-refractivity contribution in [2.45, 2.75) is 56.6 Å². The first kappa shape index (κ1) is 34.8. The van der Waals surface area contributed by atoms with Gasteiger partial charge in [0.1, 0.15) is 5.75 Å². The number of nitrogens with one attached hydrogen (secondary N) is 1. The van der Waals surface area contributed by atoms with Gasteiger partial charge in [0.15, 0.2) is 6.29 Å². The lowest BCUT2D eigenvalue weighted by Gasteiger charge is -2.41. The second kappa shape index (κ2) is 16.1. The maximum atomic E-state index is 12.0. The first-order chi connectivity index (χ1) is 24.3. The molecule has 12 nitrogen and oxygen atoms in total. The molecular formula is C37H37N5O7S. The van der Waals surface area contributed by atoms with Crippen LogP contribution in [0.25, 0.3) is 16.8 Å². The minimum atomic E-state index is -1.00. The fraction of sp³-hybridized carbons (Fsp3) is 0.270. The number of hydrogen-bond donors (Lipinski definition) is 4. The van der Waals surface area contributed by atoms with Crippen molar-refractivity contribution < 1.29 is 34.4 Å². The first-order valence-electron chi connectivity index (χ1n) is 16.2. The van der Waals surface area contributed by atoms with E-state index in [4.69, 9.17) is 14.6 Å². The summed E-state index contributed by atoms with van der Waals surface area (Å²) >= 11 is 1.47. The first-order valence-corrected chi connectivity index (χ1v) is 17.1. The van der Waals surface area contributed by atoms with E-state index in [1.165, 1.54) is 11.8 Å². The van der Waals surface area contributed by atoms with Crippen LogP contribution in [0.3, 0.4) is 0 Å². The lowest BCUT2D eigenvalue weighted by molar-refractivity contribution is -0.268. The maximum Gasteiger partial charge on any atom is 0.303 e. The fourth-order valence-corrected chi connectivity index (χ4v) is 6.75. The summed E-state index contributed by atoms with van der Waals surface area (Å²) in [7, 11) is 0. The second-order valence-electron chi connectivity index (χ2n) is 12.0. The fourth-order valence-electron chi connectivity index (χ4n) is 5.69. The number of carbonyl (C=O) groups excluding carboxylic acids is 1. The zero-order valence-corrected chi connectivity index (χ0v) is 28.1. The molecule has 258 valence electrons. The van der Waals surface area contributed by atoms with Crippen molar-refractivity contribution in [2.75, 3.05) is 5.75 Å². The van der Waals surface area contributed by atoms with Crippen LogP contribution in [-0.2, 0) is 32.2 Å². The summed E-state index contributed by atoms with van der Waals surface area (Å²) in [6.45, 7) is 2.35. The van der Waals surface area contributed by atoms with Crippen LogP contribution in [0.15, 0.2) is 102 Å². The molecule has 0 radical (unpaired) electrons. The molecule has 1 aliphatic heterocycles. The largest absolute Gasteiger partial charge is 0.508 e. The number of aromatic hydroxyl groups is 1. The summed E-state index contributed by atoms with van der Waals surface area (Å²) < 4.78 is 14.9. The summed E-state index contributed by atoms with van der Waals surface area (Å²) in [6.07, 6.45) is -1.46. The normalized spacial score (nSPS) is 18.8. The minimum absolute atomic E-state index is 0.0386. The molecular weight excluding hydrogens is 659 g/mol. The second-order valence-corrected chi connectivity index (χ2v) is 13.0. The molecule has 0 saturated carbocycles. The van der Waals surface area contributed by atoms with Crippen LogP contribution in [0.5, 0.6) is 5.75 Å². The Labute approximate surface area is 293 Å². The number of amides is 1. The number of hydrogen-bond acceptors (Lipinski definition) is 10. The predicted molar refractivity (Wildman–Crippen MR) is 185 cm³/mol. The van der Waals surface area contributed by atoms with Crippen LogP contribution in [0.1, 0.15) is 54.4 Å². The van der Waals surface area contributed by atoms with E-state index in [1.54, 1.807) is 28.9 Å². The number of ether oxygens (including phenoxy) is 2. The Morgan fingerprint density at radius 2 is 1.62 bits per heavy atom. The molecule has 1 saturated heterocycles. The highest BCUT2D eigenvalue weighted by Crippen LogP contribution is 2.43. The molecule has 0 bridgehead atoms. The number of aliphatic carboxylic acids is 1. The van der Waals surface area contributed by atoms with E-state index in [0.29, 0.717) is 17.5 Å². The Hall–Kier alpha value is -5.08. The Balaban J connectivity index is 1.19. The van der Waals surface area contributed by atoms with E-state index in [-0.39, 0.29) is 49.2 Å². The van der Waals surface area contributed by atoms with E-state index < -0.39 is 12.3 Å². The molecule has 13 heteroatoms. The van der Waals surface area contributed by atoms with Gasteiger partial charge in [-0.3, -0.25) is 9.59 Å². The highest BCUT2D eigenvalue weighted by Gasteiger charge is 2.38. The number of carboxylic acids is 1. The molecule has 1 amide bonds. The van der Waals surface area contributed by atoms with Crippen LogP contribution in [-0.4, -0.2) is 59.3 Å². The van der Waals surface area contributed by atoms with Gasteiger partial charge in [-0.1, -0.05) is 85.4 Å². The molecule has 6 rings (SSSR count). The molecule has 1 fully saturated rings. The van der Waals surface area contributed by atoms with Gasteiger partial charge in [-0.2, -0.15) is 4.68 Å². The van der Waals surface area contributed by atoms with Crippen molar-refractivity contribution in [3.05, 3.63) is 119 Å². The number of phenolic OH excluding ortho intramolecular Hbond substituents is 1. The lowest BCUT2D eigenvalue weighted by atomic mass is 9.91. The van der Waals surface area contributed by atoms with Crippen molar-refractivity contribution in [1.29, 1.82) is 0 Å². The number of aliphatic hydroxyl groups excluding tert-OH is 1. The number of aliphatic hydroxyl groups is 1. The minimum Gasteiger partial charge on any atom is -0.508 e. The molecule has 0 spiro atoms. The topological polar surface area (TPSA) is 169 Å². The molecule has 0 aliphatic carbocycles. The smallest absolute Gasteiger partial charge is 0.303 e. The van der Waals surface area contributed by atoms with E-state index in [2.05, 4.69) is 27.8 Å². The van der Waals surface area contributed by atoms with Crippen molar-refractivity contribution in [1.82, 2.24) is 25.5 Å². The zero-order valence-electron chi connectivity index (χ0n) is 27.3. The standard InChI is InChI=1S/C37H37N5O7S/c1-23-32(22-50-37-39-40-41-42(37)30-13-15-31(44)16-14-30)48-36(49-35(23)27-7-5-24(21-43)6-8-27)28-11-9-26(10-12-28)29-4-2-3-25(19-29)20-38-33(45)17-18-34(46)47/h2-16,19,23,32,35-36,43-44H,17-18,20-22H2,1H3,(H,38,45)(H,46,47)/t23-,32+,35+,36+/m1/s1. The molecule has 5 aromatic rings. The molecule has 2 heterocycles. The average Bonchev–Trinajstić information content (AvgIpc) is 3.62. The van der Waals surface area contributed by atoms with Crippen LogP contribution < -0.4 is 5.32 Å². The lowest BCUT2D eigenvalue weighted by Crippen LogP contribution is -2.38. The predicted octanol–water partition coefficient (Wildman–Crippen LogP) is 5.59. The van der Waals surface area contributed by atoms with Gasteiger partial charge in [-0.15, -0.1) is 5.10 Å². The van der Waals surface area contributed by atoms with Crippen molar-refractivity contribution in [3.8, 4) is 22.6 Å². The third-order valence-corrected chi connectivity index (χ3v) is 9.54. The highest BCUT2D eigenvalue weighted by molar-refractivity contribution is 7.99. The maximum absolute atomic E-state index is 12.0. The number of carboxylic acid groups (broad SMARTS) is 1. The number of tetrazole rings is 1. The van der Waals surface area contributed by atoms with E-state index in [0.717, 1.165) is 39.1 Å². The number of benzene rings is 4. The van der Waals surface area contributed by atoms with Gasteiger partial charge in [0.05, 0.1) is 30.9 Å². The molecule has 4 N–H and O–H groups in total. The average molecular weight is 696 g/mol. The van der Waals surface area contributed by atoms with Gasteiger partial charge in [-0.25, -0.2) is 0 Å². The number of phenols is 1. The van der Waals surface area contributed by atoms with Crippen LogP contribution in [0.2, 0.25) is 0 Å². The summed E-state index contributed by atoms with van der Waals surface area (Å²) in [5, 5.41) is 43.7. The van der Waals surface area contributed by atoms with Gasteiger partial charge in [-0.05, 0) is 68.6 Å². The number of thioether (sulfide) groups is 1. The van der Waals surface area contributed by atoms with Crippen molar-refractivity contribution in [2.24, 2.45) is 5.92 Å². The van der Waals surface area contributed by atoms with E-state index >= 15 is 0 Å². The summed E-state index contributed by atoms with van der Waals surface area (Å²) in [6, 6.07) is 30.2. The SMILES string of the molecule is C[C@@H]1[C@H](CSc2nnnn2-c2ccc(O)cc2)O[C@H](c2ccc(-c3cccc(CNC(=O)CCC(=O)O)c3)cc2)O[C@@H]1c1ccc(CO)cc1. The highest BCUT2D eigenvalue weighted by atomic mass is 32.2. The number of aromatic nitrogens is 4. The number of carbonyl (C=O) groups is 2. The monoisotopic (exact) mass is 695 g/mol. The Kier molecular flexibility index (Phi) is 11.2.